The van der Waals surface area contributed by atoms with E-state index < -0.39 is 11.4 Å². The molecule has 5 heteroatoms. The van der Waals surface area contributed by atoms with Crippen LogP contribution in [0.1, 0.15) is 48.0 Å². The highest BCUT2D eigenvalue weighted by molar-refractivity contribution is 6.02. The van der Waals surface area contributed by atoms with Gasteiger partial charge in [-0.15, -0.1) is 0 Å². The predicted molar refractivity (Wildman–Crippen MR) is 81.3 cm³/mol. The second-order valence-corrected chi connectivity index (χ2v) is 5.85. The van der Waals surface area contributed by atoms with Crippen molar-refractivity contribution in [2.45, 2.75) is 39.0 Å². The van der Waals surface area contributed by atoms with Crippen LogP contribution in [-0.2, 0) is 4.79 Å². The van der Waals surface area contributed by atoms with Crippen molar-refractivity contribution in [2.24, 2.45) is 11.1 Å². The van der Waals surface area contributed by atoms with Gasteiger partial charge in [-0.25, -0.2) is 4.79 Å². The molecular weight excluding hydrogens is 268 g/mol. The summed E-state index contributed by atoms with van der Waals surface area (Å²) in [6.45, 7) is 2.12. The fourth-order valence-corrected chi connectivity index (χ4v) is 2.95. The fraction of sp³-hybridized carbons (Fsp3) is 0.500. The van der Waals surface area contributed by atoms with E-state index >= 15 is 0 Å². The van der Waals surface area contributed by atoms with Crippen molar-refractivity contribution in [1.82, 2.24) is 0 Å². The highest BCUT2D eigenvalue weighted by Crippen LogP contribution is 2.36. The molecule has 1 aromatic carbocycles. The van der Waals surface area contributed by atoms with Crippen molar-refractivity contribution in [2.75, 3.05) is 11.9 Å². The van der Waals surface area contributed by atoms with Gasteiger partial charge < -0.3 is 16.2 Å². The minimum absolute atomic E-state index is 0.117. The van der Waals surface area contributed by atoms with E-state index in [2.05, 4.69) is 5.32 Å². The van der Waals surface area contributed by atoms with Crippen LogP contribution >= 0.6 is 0 Å². The molecule has 1 amide bonds. The van der Waals surface area contributed by atoms with Gasteiger partial charge in [0.2, 0.25) is 5.91 Å². The zero-order valence-corrected chi connectivity index (χ0v) is 12.3. The van der Waals surface area contributed by atoms with Crippen LogP contribution in [-0.4, -0.2) is 23.5 Å². The third kappa shape index (κ3) is 3.24. The lowest BCUT2D eigenvalue weighted by Gasteiger charge is -2.34. The number of carboxylic acids is 1. The van der Waals surface area contributed by atoms with Crippen molar-refractivity contribution < 1.29 is 14.7 Å². The molecule has 0 unspecified atom stereocenters. The average molecular weight is 290 g/mol. The van der Waals surface area contributed by atoms with E-state index in [4.69, 9.17) is 5.73 Å². The molecule has 1 aromatic rings. The molecule has 4 N–H and O–H groups in total. The van der Waals surface area contributed by atoms with E-state index in [0.29, 0.717) is 12.2 Å². The summed E-state index contributed by atoms with van der Waals surface area (Å²) in [4.78, 5) is 23.9. The van der Waals surface area contributed by atoms with Crippen molar-refractivity contribution >= 4 is 17.6 Å². The minimum atomic E-state index is -1.04. The summed E-state index contributed by atoms with van der Waals surface area (Å²) in [5.41, 5.74) is 6.59. The van der Waals surface area contributed by atoms with Gasteiger partial charge in [-0.1, -0.05) is 30.9 Å². The zero-order valence-electron chi connectivity index (χ0n) is 12.3. The molecule has 0 aromatic heterocycles. The zero-order chi connectivity index (χ0) is 15.5. The summed E-state index contributed by atoms with van der Waals surface area (Å²) in [5, 5.41) is 12.0. The second kappa shape index (κ2) is 6.26. The summed E-state index contributed by atoms with van der Waals surface area (Å²) in [6, 6.07) is 5.00. The Morgan fingerprint density at radius 2 is 1.95 bits per heavy atom. The molecule has 1 aliphatic rings. The average Bonchev–Trinajstić information content (AvgIpc) is 2.49. The lowest BCUT2D eigenvalue weighted by molar-refractivity contribution is -0.126. The van der Waals surface area contributed by atoms with Gasteiger partial charge in [0.15, 0.2) is 0 Å². The van der Waals surface area contributed by atoms with Gasteiger partial charge in [-0.05, 0) is 31.9 Å². The third-order valence-electron chi connectivity index (χ3n) is 4.34. The number of amides is 1. The van der Waals surface area contributed by atoms with E-state index in [1.165, 1.54) is 0 Å². The summed E-state index contributed by atoms with van der Waals surface area (Å²) in [7, 11) is 0. The van der Waals surface area contributed by atoms with E-state index in [1.54, 1.807) is 18.2 Å². The van der Waals surface area contributed by atoms with Crippen molar-refractivity contribution in [3.63, 3.8) is 0 Å². The number of aryl methyl sites for hydroxylation is 1. The highest BCUT2D eigenvalue weighted by atomic mass is 16.4. The summed E-state index contributed by atoms with van der Waals surface area (Å²) in [5.74, 6) is -1.20. The number of aromatic carboxylic acids is 1. The van der Waals surface area contributed by atoms with Gasteiger partial charge in [0, 0.05) is 6.54 Å². The summed E-state index contributed by atoms with van der Waals surface area (Å²) >= 11 is 0. The van der Waals surface area contributed by atoms with Gasteiger partial charge in [-0.2, -0.15) is 0 Å². The maximum absolute atomic E-state index is 12.6. The lowest BCUT2D eigenvalue weighted by atomic mass is 9.73. The van der Waals surface area contributed by atoms with Crippen LogP contribution in [0.25, 0.3) is 0 Å². The number of hydrogen-bond acceptors (Lipinski definition) is 3. The van der Waals surface area contributed by atoms with Gasteiger partial charge in [0.05, 0.1) is 16.7 Å². The molecule has 0 radical (unpaired) electrons. The smallest absolute Gasteiger partial charge is 0.337 e. The first-order valence-corrected chi connectivity index (χ1v) is 7.34. The number of anilines is 1. The van der Waals surface area contributed by atoms with Crippen molar-refractivity contribution in [3.05, 3.63) is 29.3 Å². The molecule has 0 bridgehead atoms. The van der Waals surface area contributed by atoms with Crippen LogP contribution in [0, 0.1) is 12.3 Å². The Kier molecular flexibility index (Phi) is 4.63. The minimum Gasteiger partial charge on any atom is -0.478 e. The quantitative estimate of drug-likeness (QED) is 0.794. The normalized spacial score (nSPS) is 17.2. The molecule has 0 heterocycles. The first-order valence-electron chi connectivity index (χ1n) is 7.34. The van der Waals surface area contributed by atoms with Gasteiger partial charge in [-0.3, -0.25) is 4.79 Å². The molecule has 114 valence electrons. The number of nitrogens with two attached hydrogens (primary N) is 1. The van der Waals surface area contributed by atoms with Crippen LogP contribution < -0.4 is 11.1 Å². The number of carbonyl (C=O) groups is 2. The largest absolute Gasteiger partial charge is 0.478 e. The second-order valence-electron chi connectivity index (χ2n) is 5.85. The predicted octanol–water partition coefficient (Wildman–Crippen LogP) is 2.54. The fourth-order valence-electron chi connectivity index (χ4n) is 2.95. The maximum Gasteiger partial charge on any atom is 0.337 e. The Hall–Kier alpha value is -1.88. The molecule has 5 nitrogen and oxygen atoms in total. The molecule has 0 aliphatic heterocycles. The highest BCUT2D eigenvalue weighted by Gasteiger charge is 2.38. The molecule has 21 heavy (non-hydrogen) atoms. The molecule has 1 saturated carbocycles. The SMILES string of the molecule is Cc1ccc(NC(=O)C2(CN)CCCCC2)c(C(=O)O)c1. The van der Waals surface area contributed by atoms with E-state index in [1.807, 2.05) is 6.92 Å². The monoisotopic (exact) mass is 290 g/mol. The number of nitrogens with one attached hydrogen (secondary N) is 1. The number of hydrogen-bond donors (Lipinski definition) is 3. The van der Waals surface area contributed by atoms with Crippen LogP contribution in [0.5, 0.6) is 0 Å². The van der Waals surface area contributed by atoms with E-state index in [0.717, 1.165) is 37.7 Å². The van der Waals surface area contributed by atoms with Gasteiger partial charge >= 0.3 is 5.97 Å². The Morgan fingerprint density at radius 1 is 1.29 bits per heavy atom. The van der Waals surface area contributed by atoms with E-state index in [9.17, 15) is 14.7 Å². The van der Waals surface area contributed by atoms with Crippen LogP contribution in [0.2, 0.25) is 0 Å². The van der Waals surface area contributed by atoms with Crippen LogP contribution in [0.15, 0.2) is 18.2 Å². The number of carbonyl (C=O) groups excluding carboxylic acids is 1. The van der Waals surface area contributed by atoms with E-state index in [-0.39, 0.29) is 11.5 Å². The third-order valence-corrected chi connectivity index (χ3v) is 4.34. The summed E-state index contributed by atoms with van der Waals surface area (Å²) < 4.78 is 0. The Balaban J connectivity index is 2.24. The van der Waals surface area contributed by atoms with Gasteiger partial charge in [0.1, 0.15) is 0 Å². The Morgan fingerprint density at radius 3 is 2.52 bits per heavy atom. The summed E-state index contributed by atoms with van der Waals surface area (Å²) in [6.07, 6.45) is 4.64. The maximum atomic E-state index is 12.6. The Bertz CT molecular complexity index is 548. The number of carboxylic acid groups (broad SMARTS) is 1. The van der Waals surface area contributed by atoms with Crippen molar-refractivity contribution in [1.29, 1.82) is 0 Å². The first-order chi connectivity index (χ1) is 9.98. The molecular formula is C16H22N2O3. The molecule has 0 saturated heterocycles. The molecule has 1 fully saturated rings. The molecule has 1 aliphatic carbocycles. The number of rotatable bonds is 4. The Labute approximate surface area is 124 Å². The van der Waals surface area contributed by atoms with Crippen LogP contribution in [0.4, 0.5) is 5.69 Å². The molecule has 0 spiro atoms. The molecule has 2 rings (SSSR count). The van der Waals surface area contributed by atoms with Crippen LogP contribution in [0.3, 0.4) is 0 Å². The topological polar surface area (TPSA) is 92.4 Å². The number of benzene rings is 1. The van der Waals surface area contributed by atoms with Gasteiger partial charge in [0.25, 0.3) is 0 Å². The first kappa shape index (κ1) is 15.5. The lowest BCUT2D eigenvalue weighted by Crippen LogP contribution is -2.44. The van der Waals surface area contributed by atoms with Crippen molar-refractivity contribution in [3.8, 4) is 0 Å². The standard InChI is InChI=1S/C16H22N2O3/c1-11-5-6-13(12(9-11)14(19)20)18-15(21)16(10-17)7-3-2-4-8-16/h5-6,9H,2-4,7-8,10,17H2,1H3,(H,18,21)(H,19,20). The molecule has 0 atom stereocenters.